The molecule has 3 atom stereocenters. The number of fused-ring (bicyclic) bond motifs is 1. The summed E-state index contributed by atoms with van der Waals surface area (Å²) in [4.78, 5) is 25.5. The number of aryl methyl sites for hydroxylation is 1. The van der Waals surface area contributed by atoms with Crippen molar-refractivity contribution in [2.45, 2.75) is 38.6 Å². The Morgan fingerprint density at radius 2 is 2.32 bits per heavy atom. The Bertz CT molecular complexity index is 734. The Balaban J connectivity index is 1.67. The summed E-state index contributed by atoms with van der Waals surface area (Å²) in [5, 5.41) is 30.3. The number of hydrogen-bond acceptors (Lipinski definition) is 6. The smallest absolute Gasteiger partial charge is 0.235 e. The Morgan fingerprint density at radius 1 is 1.56 bits per heavy atom. The zero-order valence-corrected chi connectivity index (χ0v) is 14.6. The van der Waals surface area contributed by atoms with Crippen LogP contribution in [0.15, 0.2) is 35.1 Å². The fourth-order valence-corrected chi connectivity index (χ4v) is 4.59. The van der Waals surface area contributed by atoms with Gasteiger partial charge in [-0.3, -0.25) is 4.79 Å². The Morgan fingerprint density at radius 3 is 2.96 bits per heavy atom. The van der Waals surface area contributed by atoms with Crippen molar-refractivity contribution in [3.05, 3.63) is 40.7 Å². The van der Waals surface area contributed by atoms with E-state index in [1.807, 2.05) is 29.1 Å². The van der Waals surface area contributed by atoms with Gasteiger partial charge in [0.2, 0.25) is 5.91 Å². The molecule has 1 aromatic heterocycles. The molecule has 3 heterocycles. The molecule has 0 saturated carbocycles. The molecule has 2 aliphatic heterocycles. The largest absolute Gasteiger partial charge is 0.543 e. The highest BCUT2D eigenvalue weighted by atomic mass is 32.2. The number of carbonyl (C=O) groups excluding carboxylic acids is 2. The lowest BCUT2D eigenvalue weighted by molar-refractivity contribution is -0.692. The van der Waals surface area contributed by atoms with Gasteiger partial charge in [-0.2, -0.15) is 0 Å². The van der Waals surface area contributed by atoms with Gasteiger partial charge >= 0.3 is 0 Å². The number of aromatic nitrogens is 1. The highest BCUT2D eigenvalue weighted by Crippen LogP contribution is 2.46. The van der Waals surface area contributed by atoms with Crippen molar-refractivity contribution in [2.75, 3.05) is 5.75 Å². The topological polar surface area (TPSA) is 105 Å². The van der Waals surface area contributed by atoms with E-state index in [-0.39, 0.29) is 24.3 Å². The van der Waals surface area contributed by atoms with E-state index in [9.17, 15) is 19.8 Å². The molecule has 134 valence electrons. The second kappa shape index (κ2) is 7.15. The van der Waals surface area contributed by atoms with Crippen LogP contribution in [-0.4, -0.2) is 44.9 Å². The van der Waals surface area contributed by atoms with Gasteiger partial charge in [-0.05, 0) is 13.0 Å². The van der Waals surface area contributed by atoms with Gasteiger partial charge in [0.05, 0.1) is 42.1 Å². The Kier molecular flexibility index (Phi) is 5.12. The Labute approximate surface area is 149 Å². The molecule has 1 saturated heterocycles. The molecule has 2 aliphatic rings. The predicted octanol–water partition coefficient (Wildman–Crippen LogP) is -1.23. The van der Waals surface area contributed by atoms with Crippen LogP contribution in [0.5, 0.6) is 0 Å². The first-order chi connectivity index (χ1) is 11.9. The van der Waals surface area contributed by atoms with Crippen LogP contribution < -0.4 is 9.67 Å². The van der Waals surface area contributed by atoms with Gasteiger partial charge in [0, 0.05) is 23.0 Å². The Hall–Kier alpha value is -1.90. The average molecular weight is 364 g/mol. The number of carbonyl (C=O) groups is 2. The number of aliphatic carboxylic acids is 1. The quantitative estimate of drug-likeness (QED) is 0.464. The zero-order valence-electron chi connectivity index (χ0n) is 13.8. The summed E-state index contributed by atoms with van der Waals surface area (Å²) in [6.45, 7) is 2.16. The van der Waals surface area contributed by atoms with Crippen molar-refractivity contribution >= 4 is 23.6 Å². The van der Waals surface area contributed by atoms with Gasteiger partial charge in [-0.1, -0.05) is 0 Å². The van der Waals surface area contributed by atoms with Gasteiger partial charge in [-0.25, -0.2) is 4.57 Å². The SMILES string of the molecule is C[C@@H](O)[C@H]1C(=O)N2C(C(=O)[O-])=C(SCC[n+]3cccc(CO)c3)C[C@H]12. The molecule has 1 amide bonds. The maximum atomic E-state index is 12.1. The van der Waals surface area contributed by atoms with Gasteiger partial charge in [0.1, 0.15) is 0 Å². The molecule has 0 bridgehead atoms. The summed E-state index contributed by atoms with van der Waals surface area (Å²) in [6, 6.07) is 3.38. The number of thioether (sulfide) groups is 1. The van der Waals surface area contributed by atoms with E-state index in [1.54, 1.807) is 6.92 Å². The highest BCUT2D eigenvalue weighted by molar-refractivity contribution is 8.03. The first-order valence-corrected chi connectivity index (χ1v) is 9.10. The maximum Gasteiger partial charge on any atom is 0.235 e. The average Bonchev–Trinajstić information content (AvgIpc) is 2.89. The van der Waals surface area contributed by atoms with E-state index < -0.39 is 18.0 Å². The first kappa shape index (κ1) is 17.9. The number of rotatable bonds is 7. The van der Waals surface area contributed by atoms with Crippen molar-refractivity contribution in [1.29, 1.82) is 0 Å². The van der Waals surface area contributed by atoms with Gasteiger partial charge in [0.15, 0.2) is 18.9 Å². The fourth-order valence-electron chi connectivity index (χ4n) is 3.43. The van der Waals surface area contributed by atoms with Crippen molar-refractivity contribution in [3.8, 4) is 0 Å². The molecular weight excluding hydrogens is 344 g/mol. The summed E-state index contributed by atoms with van der Waals surface area (Å²) in [6.07, 6.45) is 3.36. The van der Waals surface area contributed by atoms with Crippen LogP contribution in [0, 0.1) is 5.92 Å². The van der Waals surface area contributed by atoms with Crippen molar-refractivity contribution < 1.29 is 29.5 Å². The molecule has 1 aromatic rings. The molecule has 3 rings (SSSR count). The molecule has 8 heteroatoms. The number of aliphatic hydroxyl groups excluding tert-OH is 2. The molecule has 2 N–H and O–H groups in total. The van der Waals surface area contributed by atoms with Crippen LogP contribution in [-0.2, 0) is 22.7 Å². The number of β-lactam (4-membered cyclic amide) rings is 1. The molecule has 1 fully saturated rings. The van der Waals surface area contributed by atoms with Crippen LogP contribution in [0.4, 0.5) is 0 Å². The monoisotopic (exact) mass is 364 g/mol. The number of pyridine rings is 1. The number of hydrogen-bond donors (Lipinski definition) is 2. The third-order valence-corrected chi connectivity index (χ3v) is 5.70. The predicted molar refractivity (Wildman–Crippen MR) is 87.5 cm³/mol. The lowest BCUT2D eigenvalue weighted by atomic mass is 9.83. The molecule has 0 aromatic carbocycles. The van der Waals surface area contributed by atoms with Gasteiger partial charge in [-0.15, -0.1) is 11.8 Å². The molecule has 25 heavy (non-hydrogen) atoms. The van der Waals surface area contributed by atoms with E-state index in [4.69, 9.17) is 5.11 Å². The normalized spacial score (nSPS) is 23.5. The van der Waals surface area contributed by atoms with Crippen LogP contribution in [0.2, 0.25) is 0 Å². The molecule has 0 unspecified atom stereocenters. The van der Waals surface area contributed by atoms with E-state index in [2.05, 4.69) is 0 Å². The third-order valence-electron chi connectivity index (χ3n) is 4.61. The number of nitrogens with zero attached hydrogens (tertiary/aromatic N) is 2. The summed E-state index contributed by atoms with van der Waals surface area (Å²) < 4.78 is 1.92. The summed E-state index contributed by atoms with van der Waals surface area (Å²) in [7, 11) is 0. The number of carboxylic acids is 1. The van der Waals surface area contributed by atoms with Crippen molar-refractivity contribution in [2.24, 2.45) is 5.92 Å². The van der Waals surface area contributed by atoms with E-state index in [1.165, 1.54) is 16.7 Å². The highest BCUT2D eigenvalue weighted by Gasteiger charge is 2.55. The molecule has 0 aliphatic carbocycles. The van der Waals surface area contributed by atoms with E-state index in [0.717, 1.165) is 5.56 Å². The fraction of sp³-hybridized carbons (Fsp3) is 0.471. The van der Waals surface area contributed by atoms with Crippen LogP contribution >= 0.6 is 11.8 Å². The first-order valence-electron chi connectivity index (χ1n) is 8.11. The summed E-state index contributed by atoms with van der Waals surface area (Å²) in [5.41, 5.74) is 0.753. The second-order valence-corrected chi connectivity index (χ2v) is 7.45. The van der Waals surface area contributed by atoms with Crippen molar-refractivity contribution in [1.82, 2.24) is 4.90 Å². The van der Waals surface area contributed by atoms with Gasteiger partial charge in [0.25, 0.3) is 0 Å². The van der Waals surface area contributed by atoms with E-state index in [0.29, 0.717) is 23.6 Å². The lowest BCUT2D eigenvalue weighted by Gasteiger charge is -2.45. The minimum atomic E-state index is -1.35. The van der Waals surface area contributed by atoms with Crippen molar-refractivity contribution in [3.63, 3.8) is 0 Å². The number of carboxylic acid groups (broad SMARTS) is 1. The third kappa shape index (κ3) is 3.29. The lowest BCUT2D eigenvalue weighted by Crippen LogP contribution is -2.62. The summed E-state index contributed by atoms with van der Waals surface area (Å²) >= 11 is 1.39. The van der Waals surface area contributed by atoms with Crippen LogP contribution in [0.25, 0.3) is 0 Å². The zero-order chi connectivity index (χ0) is 18.1. The van der Waals surface area contributed by atoms with Crippen LogP contribution in [0.3, 0.4) is 0 Å². The van der Waals surface area contributed by atoms with E-state index >= 15 is 0 Å². The minimum absolute atomic E-state index is 0.0343. The van der Waals surface area contributed by atoms with Crippen LogP contribution in [0.1, 0.15) is 18.9 Å². The summed E-state index contributed by atoms with van der Waals surface area (Å²) in [5.74, 6) is -1.61. The molecular formula is C17H20N2O5S. The maximum absolute atomic E-state index is 12.1. The number of amides is 1. The molecule has 7 nitrogen and oxygen atoms in total. The number of aliphatic hydroxyl groups is 2. The van der Waals surface area contributed by atoms with Gasteiger partial charge < -0.3 is 25.0 Å². The minimum Gasteiger partial charge on any atom is -0.543 e. The molecule has 0 spiro atoms. The second-order valence-electron chi connectivity index (χ2n) is 6.26. The molecule has 0 radical (unpaired) electrons. The standard InChI is InChI=1S/C17H20N2O5S/c1-10(21)14-12-7-13(15(17(23)24)19(12)16(14)22)25-6-5-18-4-2-3-11(8-18)9-20/h2-4,8,10,12,14,20-21H,5-7,9H2,1H3/t10-,12-,14-/m1/s1.